The average Bonchev–Trinajstić information content (AvgIpc) is 2.53. The van der Waals surface area contributed by atoms with Gasteiger partial charge in [-0.1, -0.05) is 46.3 Å². The molecule has 0 aliphatic carbocycles. The van der Waals surface area contributed by atoms with E-state index >= 15 is 0 Å². The zero-order valence-corrected chi connectivity index (χ0v) is 12.5. The van der Waals surface area contributed by atoms with Gasteiger partial charge in [-0.05, 0) is 24.3 Å². The molecular formula is C16H13BrO3. The standard InChI is InChI=1S/C16H13BrO3/c1-20-13-9-7-12(8-10-13)16(19)14(17)15(18)11-5-3-2-4-6-11/h2-10,14H,1H3. The van der Waals surface area contributed by atoms with Crippen molar-refractivity contribution in [3.63, 3.8) is 0 Å². The second kappa shape index (κ2) is 6.48. The number of carbonyl (C=O) groups is 2. The molecule has 1 unspecified atom stereocenters. The summed E-state index contributed by atoms with van der Waals surface area (Å²) < 4.78 is 5.04. The molecule has 0 saturated heterocycles. The first kappa shape index (κ1) is 14.5. The number of hydrogen-bond donors (Lipinski definition) is 0. The van der Waals surface area contributed by atoms with Gasteiger partial charge in [0.25, 0.3) is 0 Å². The molecule has 4 heteroatoms. The monoisotopic (exact) mass is 332 g/mol. The van der Waals surface area contributed by atoms with Crippen molar-refractivity contribution >= 4 is 27.5 Å². The Morgan fingerprint density at radius 3 is 1.90 bits per heavy atom. The van der Waals surface area contributed by atoms with Gasteiger partial charge in [0.05, 0.1) is 7.11 Å². The van der Waals surface area contributed by atoms with Gasteiger partial charge in [-0.2, -0.15) is 0 Å². The fourth-order valence-corrected chi connectivity index (χ4v) is 2.30. The smallest absolute Gasteiger partial charge is 0.184 e. The first-order chi connectivity index (χ1) is 9.63. The molecule has 0 aromatic heterocycles. The molecule has 0 fully saturated rings. The van der Waals surface area contributed by atoms with Crippen LogP contribution >= 0.6 is 15.9 Å². The lowest BCUT2D eigenvalue weighted by atomic mass is 10.0. The van der Waals surface area contributed by atoms with Gasteiger partial charge in [0, 0.05) is 11.1 Å². The Hall–Kier alpha value is -1.94. The zero-order chi connectivity index (χ0) is 14.5. The number of rotatable bonds is 5. The molecule has 0 heterocycles. The molecule has 0 amide bonds. The number of methoxy groups -OCH3 is 1. The predicted octanol–water partition coefficient (Wildman–Crippen LogP) is 3.52. The highest BCUT2D eigenvalue weighted by molar-refractivity contribution is 9.10. The number of hydrogen-bond acceptors (Lipinski definition) is 3. The summed E-state index contributed by atoms with van der Waals surface area (Å²) in [6, 6.07) is 15.4. The number of benzene rings is 2. The van der Waals surface area contributed by atoms with Crippen LogP contribution in [0.1, 0.15) is 20.7 Å². The number of carbonyl (C=O) groups excluding carboxylic acids is 2. The van der Waals surface area contributed by atoms with Gasteiger partial charge >= 0.3 is 0 Å². The lowest BCUT2D eigenvalue weighted by Gasteiger charge is -2.08. The molecule has 20 heavy (non-hydrogen) atoms. The van der Waals surface area contributed by atoms with Gasteiger partial charge in [-0.15, -0.1) is 0 Å². The topological polar surface area (TPSA) is 43.4 Å². The van der Waals surface area contributed by atoms with Crippen molar-refractivity contribution in [1.82, 2.24) is 0 Å². The highest BCUT2D eigenvalue weighted by Crippen LogP contribution is 2.18. The van der Waals surface area contributed by atoms with Crippen LogP contribution in [0.15, 0.2) is 54.6 Å². The van der Waals surface area contributed by atoms with Crippen LogP contribution in [-0.4, -0.2) is 23.5 Å². The quantitative estimate of drug-likeness (QED) is 0.478. The van der Waals surface area contributed by atoms with Gasteiger partial charge < -0.3 is 4.74 Å². The Labute approximate surface area is 125 Å². The Morgan fingerprint density at radius 2 is 1.40 bits per heavy atom. The summed E-state index contributed by atoms with van der Waals surface area (Å²) in [5.74, 6) is 0.162. The van der Waals surface area contributed by atoms with Crippen LogP contribution in [0, 0.1) is 0 Å². The second-order valence-electron chi connectivity index (χ2n) is 4.19. The summed E-state index contributed by atoms with van der Waals surface area (Å²) in [5, 5.41) is 0. The molecule has 2 rings (SSSR count). The molecule has 2 aromatic carbocycles. The van der Waals surface area contributed by atoms with E-state index in [1.54, 1.807) is 55.6 Å². The zero-order valence-electron chi connectivity index (χ0n) is 10.9. The minimum atomic E-state index is -0.877. The molecule has 0 radical (unpaired) electrons. The third kappa shape index (κ3) is 3.14. The molecule has 0 aliphatic heterocycles. The highest BCUT2D eigenvalue weighted by atomic mass is 79.9. The Kier molecular flexibility index (Phi) is 4.69. The van der Waals surface area contributed by atoms with Gasteiger partial charge in [0.15, 0.2) is 11.6 Å². The predicted molar refractivity (Wildman–Crippen MR) is 80.8 cm³/mol. The van der Waals surface area contributed by atoms with E-state index in [0.29, 0.717) is 16.9 Å². The van der Waals surface area contributed by atoms with Crippen LogP contribution in [0.2, 0.25) is 0 Å². The molecule has 102 valence electrons. The molecule has 0 N–H and O–H groups in total. The van der Waals surface area contributed by atoms with Crippen molar-refractivity contribution in [2.24, 2.45) is 0 Å². The van der Waals surface area contributed by atoms with E-state index in [0.717, 1.165) is 0 Å². The molecule has 0 saturated carbocycles. The maximum atomic E-state index is 12.3. The summed E-state index contributed by atoms with van der Waals surface area (Å²) >= 11 is 3.19. The molecular weight excluding hydrogens is 320 g/mol. The van der Waals surface area contributed by atoms with Gasteiger partial charge in [0.1, 0.15) is 10.6 Å². The normalized spacial score (nSPS) is 11.7. The van der Waals surface area contributed by atoms with Crippen LogP contribution < -0.4 is 4.74 Å². The maximum absolute atomic E-state index is 12.3. The number of alkyl halides is 1. The van der Waals surface area contributed by atoms with E-state index in [4.69, 9.17) is 4.74 Å². The summed E-state index contributed by atoms with van der Waals surface area (Å²) in [4.78, 5) is 23.6. The van der Waals surface area contributed by atoms with Crippen molar-refractivity contribution in [2.75, 3.05) is 7.11 Å². The van der Waals surface area contributed by atoms with Crippen molar-refractivity contribution in [3.05, 3.63) is 65.7 Å². The lowest BCUT2D eigenvalue weighted by molar-refractivity contribution is 0.0906. The van der Waals surface area contributed by atoms with Crippen molar-refractivity contribution in [1.29, 1.82) is 0 Å². The van der Waals surface area contributed by atoms with Gasteiger partial charge in [-0.25, -0.2) is 0 Å². The summed E-state index contributed by atoms with van der Waals surface area (Å²) in [5.41, 5.74) is 0.980. The third-order valence-electron chi connectivity index (χ3n) is 2.89. The largest absolute Gasteiger partial charge is 0.497 e. The van der Waals surface area contributed by atoms with E-state index in [9.17, 15) is 9.59 Å². The van der Waals surface area contributed by atoms with Crippen LogP contribution in [0.3, 0.4) is 0 Å². The van der Waals surface area contributed by atoms with Crippen LogP contribution in [0.5, 0.6) is 5.75 Å². The van der Waals surface area contributed by atoms with Crippen molar-refractivity contribution in [2.45, 2.75) is 4.83 Å². The van der Waals surface area contributed by atoms with E-state index in [1.807, 2.05) is 6.07 Å². The summed E-state index contributed by atoms with van der Waals surface area (Å²) in [6.45, 7) is 0. The van der Waals surface area contributed by atoms with E-state index in [-0.39, 0.29) is 11.6 Å². The molecule has 0 spiro atoms. The maximum Gasteiger partial charge on any atom is 0.184 e. The Bertz CT molecular complexity index is 605. The van der Waals surface area contributed by atoms with Crippen LogP contribution in [0.25, 0.3) is 0 Å². The third-order valence-corrected chi connectivity index (χ3v) is 3.72. The Morgan fingerprint density at radius 1 is 0.900 bits per heavy atom. The average molecular weight is 333 g/mol. The number of halogens is 1. The fourth-order valence-electron chi connectivity index (χ4n) is 1.77. The number of ketones is 2. The highest BCUT2D eigenvalue weighted by Gasteiger charge is 2.25. The first-order valence-electron chi connectivity index (χ1n) is 6.05. The summed E-state index contributed by atoms with van der Waals surface area (Å²) in [6.07, 6.45) is 0. The van der Waals surface area contributed by atoms with Crippen LogP contribution in [-0.2, 0) is 0 Å². The van der Waals surface area contributed by atoms with E-state index in [1.165, 1.54) is 0 Å². The van der Waals surface area contributed by atoms with E-state index < -0.39 is 4.83 Å². The van der Waals surface area contributed by atoms with Crippen molar-refractivity contribution in [3.8, 4) is 5.75 Å². The molecule has 2 aromatic rings. The summed E-state index contributed by atoms with van der Waals surface area (Å²) in [7, 11) is 1.56. The minimum Gasteiger partial charge on any atom is -0.497 e. The Balaban J connectivity index is 2.17. The number of ether oxygens (including phenoxy) is 1. The van der Waals surface area contributed by atoms with E-state index in [2.05, 4.69) is 15.9 Å². The first-order valence-corrected chi connectivity index (χ1v) is 6.96. The second-order valence-corrected chi connectivity index (χ2v) is 5.10. The van der Waals surface area contributed by atoms with Gasteiger partial charge in [0.2, 0.25) is 0 Å². The minimum absolute atomic E-state index is 0.244. The SMILES string of the molecule is COc1ccc(C(=O)C(Br)C(=O)c2ccccc2)cc1. The van der Waals surface area contributed by atoms with Crippen molar-refractivity contribution < 1.29 is 14.3 Å². The molecule has 1 atom stereocenters. The number of Topliss-reactive ketones (excluding diaryl/α,β-unsaturated/α-hetero) is 2. The van der Waals surface area contributed by atoms with Crippen LogP contribution in [0.4, 0.5) is 0 Å². The van der Waals surface area contributed by atoms with Gasteiger partial charge in [-0.3, -0.25) is 9.59 Å². The molecule has 0 aliphatic rings. The molecule has 3 nitrogen and oxygen atoms in total. The molecule has 0 bridgehead atoms. The lowest BCUT2D eigenvalue weighted by Crippen LogP contribution is -2.24. The fraction of sp³-hybridized carbons (Fsp3) is 0.125.